The number of carbonyl (C=O) groups is 2. The van der Waals surface area contributed by atoms with Crippen molar-refractivity contribution >= 4 is 11.9 Å². The standard InChI is InChI=1S/C14H25NO3/c1-9(2)11-5-7-12(8-6-11)13(16)15(4)10(3)14(17)18/h9-12H,5-8H2,1-4H3,(H,17,18). The fourth-order valence-corrected chi connectivity index (χ4v) is 2.68. The Bertz CT molecular complexity index is 306. The number of aliphatic carboxylic acids is 1. The summed E-state index contributed by atoms with van der Waals surface area (Å²) in [5, 5.41) is 8.92. The summed E-state index contributed by atoms with van der Waals surface area (Å²) in [6, 6.07) is -0.736. The van der Waals surface area contributed by atoms with Gasteiger partial charge >= 0.3 is 5.97 Å². The predicted molar refractivity (Wildman–Crippen MR) is 70.2 cm³/mol. The first-order chi connectivity index (χ1) is 8.34. The molecular weight excluding hydrogens is 230 g/mol. The Balaban J connectivity index is 2.52. The van der Waals surface area contributed by atoms with Gasteiger partial charge in [-0.2, -0.15) is 0 Å². The van der Waals surface area contributed by atoms with Gasteiger partial charge in [0.05, 0.1) is 0 Å². The number of likely N-dealkylation sites (N-methyl/N-ethyl adjacent to an activating group) is 1. The van der Waals surface area contributed by atoms with Crippen molar-refractivity contribution in [3.63, 3.8) is 0 Å². The Morgan fingerprint density at radius 2 is 1.61 bits per heavy atom. The molecule has 0 radical (unpaired) electrons. The monoisotopic (exact) mass is 255 g/mol. The van der Waals surface area contributed by atoms with Gasteiger partial charge in [-0.1, -0.05) is 13.8 Å². The van der Waals surface area contributed by atoms with Crippen LogP contribution in [0, 0.1) is 17.8 Å². The zero-order chi connectivity index (χ0) is 13.9. The summed E-state index contributed by atoms with van der Waals surface area (Å²) >= 11 is 0. The quantitative estimate of drug-likeness (QED) is 0.839. The lowest BCUT2D eigenvalue weighted by atomic mass is 9.76. The van der Waals surface area contributed by atoms with E-state index in [0.717, 1.165) is 31.6 Å². The highest BCUT2D eigenvalue weighted by atomic mass is 16.4. The third-order valence-electron chi connectivity index (χ3n) is 4.35. The molecule has 1 fully saturated rings. The van der Waals surface area contributed by atoms with Gasteiger partial charge in [0.2, 0.25) is 5.91 Å². The van der Waals surface area contributed by atoms with Crippen LogP contribution < -0.4 is 0 Å². The number of amides is 1. The average molecular weight is 255 g/mol. The molecule has 1 atom stereocenters. The Hall–Kier alpha value is -1.06. The van der Waals surface area contributed by atoms with E-state index in [9.17, 15) is 9.59 Å². The molecule has 104 valence electrons. The molecule has 1 rings (SSSR count). The van der Waals surface area contributed by atoms with Gasteiger partial charge in [0.15, 0.2) is 0 Å². The minimum atomic E-state index is -0.943. The van der Waals surface area contributed by atoms with Crippen molar-refractivity contribution in [2.24, 2.45) is 17.8 Å². The fraction of sp³-hybridized carbons (Fsp3) is 0.857. The maximum Gasteiger partial charge on any atom is 0.326 e. The molecule has 1 amide bonds. The maximum atomic E-state index is 12.2. The summed E-state index contributed by atoms with van der Waals surface area (Å²) in [5.74, 6) is 0.466. The Morgan fingerprint density at radius 1 is 1.11 bits per heavy atom. The first-order valence-corrected chi connectivity index (χ1v) is 6.84. The van der Waals surface area contributed by atoms with E-state index < -0.39 is 12.0 Å². The number of carboxylic acids is 1. The Labute approximate surface area is 109 Å². The van der Waals surface area contributed by atoms with Crippen molar-refractivity contribution in [2.45, 2.75) is 52.5 Å². The number of rotatable bonds is 4. The topological polar surface area (TPSA) is 57.6 Å². The first-order valence-electron chi connectivity index (χ1n) is 6.84. The van der Waals surface area contributed by atoms with Gasteiger partial charge in [-0.05, 0) is 44.4 Å². The van der Waals surface area contributed by atoms with Crippen LogP contribution in [0.3, 0.4) is 0 Å². The van der Waals surface area contributed by atoms with Crippen molar-refractivity contribution in [3.8, 4) is 0 Å². The van der Waals surface area contributed by atoms with Crippen molar-refractivity contribution in [1.82, 2.24) is 4.90 Å². The molecular formula is C14H25NO3. The highest BCUT2D eigenvalue weighted by Crippen LogP contribution is 2.34. The third kappa shape index (κ3) is 3.47. The molecule has 0 aliphatic heterocycles. The van der Waals surface area contributed by atoms with Crippen LogP contribution in [0.2, 0.25) is 0 Å². The maximum absolute atomic E-state index is 12.2. The second-order valence-electron chi connectivity index (χ2n) is 5.82. The summed E-state index contributed by atoms with van der Waals surface area (Å²) in [6.45, 7) is 6.01. The van der Waals surface area contributed by atoms with Crippen LogP contribution in [-0.2, 0) is 9.59 Å². The van der Waals surface area contributed by atoms with E-state index in [-0.39, 0.29) is 11.8 Å². The molecule has 1 saturated carbocycles. The van der Waals surface area contributed by atoms with Crippen molar-refractivity contribution in [1.29, 1.82) is 0 Å². The molecule has 0 saturated heterocycles. The summed E-state index contributed by atoms with van der Waals surface area (Å²) in [4.78, 5) is 24.4. The van der Waals surface area contributed by atoms with Crippen LogP contribution in [0.15, 0.2) is 0 Å². The molecule has 18 heavy (non-hydrogen) atoms. The molecule has 0 bridgehead atoms. The van der Waals surface area contributed by atoms with Gasteiger partial charge in [0, 0.05) is 13.0 Å². The molecule has 0 aromatic heterocycles. The molecule has 0 heterocycles. The van der Waals surface area contributed by atoms with Crippen LogP contribution in [-0.4, -0.2) is 35.0 Å². The molecule has 4 heteroatoms. The van der Waals surface area contributed by atoms with Gasteiger partial charge in [0.25, 0.3) is 0 Å². The number of carboxylic acid groups (broad SMARTS) is 1. The van der Waals surface area contributed by atoms with Crippen molar-refractivity contribution in [3.05, 3.63) is 0 Å². The zero-order valence-corrected chi connectivity index (χ0v) is 11.8. The van der Waals surface area contributed by atoms with E-state index in [1.807, 2.05) is 0 Å². The normalized spacial score (nSPS) is 25.8. The summed E-state index contributed by atoms with van der Waals surface area (Å²) in [7, 11) is 1.59. The van der Waals surface area contributed by atoms with Gasteiger partial charge in [-0.3, -0.25) is 4.79 Å². The molecule has 1 N–H and O–H groups in total. The SMILES string of the molecule is CC(C)C1CCC(C(=O)N(C)C(C)C(=O)O)CC1. The predicted octanol–water partition coefficient (Wildman–Crippen LogP) is 2.38. The van der Waals surface area contributed by atoms with E-state index in [0.29, 0.717) is 5.92 Å². The van der Waals surface area contributed by atoms with Gasteiger partial charge in [-0.25, -0.2) is 4.79 Å². The van der Waals surface area contributed by atoms with Crippen LogP contribution in [0.5, 0.6) is 0 Å². The van der Waals surface area contributed by atoms with E-state index >= 15 is 0 Å². The van der Waals surface area contributed by atoms with Crippen LogP contribution in [0.25, 0.3) is 0 Å². The number of hydrogen-bond acceptors (Lipinski definition) is 2. The smallest absolute Gasteiger partial charge is 0.326 e. The molecule has 1 unspecified atom stereocenters. The summed E-state index contributed by atoms with van der Waals surface area (Å²) < 4.78 is 0. The second kappa shape index (κ2) is 6.21. The van der Waals surface area contributed by atoms with Gasteiger partial charge < -0.3 is 10.0 Å². The summed E-state index contributed by atoms with van der Waals surface area (Å²) in [5.41, 5.74) is 0. The molecule has 0 aromatic carbocycles. The second-order valence-corrected chi connectivity index (χ2v) is 5.82. The summed E-state index contributed by atoms with van der Waals surface area (Å²) in [6.07, 6.45) is 3.98. The molecule has 4 nitrogen and oxygen atoms in total. The lowest BCUT2D eigenvalue weighted by molar-refractivity contribution is -0.150. The van der Waals surface area contributed by atoms with Crippen LogP contribution >= 0.6 is 0 Å². The van der Waals surface area contributed by atoms with Crippen LogP contribution in [0.4, 0.5) is 0 Å². The Morgan fingerprint density at radius 3 is 2.00 bits per heavy atom. The molecule has 1 aliphatic carbocycles. The number of nitrogens with zero attached hydrogens (tertiary/aromatic N) is 1. The number of hydrogen-bond donors (Lipinski definition) is 1. The Kier molecular flexibility index (Phi) is 5.17. The van der Waals surface area contributed by atoms with E-state index in [4.69, 9.17) is 5.11 Å². The lowest BCUT2D eigenvalue weighted by Crippen LogP contribution is -2.44. The lowest BCUT2D eigenvalue weighted by Gasteiger charge is -2.33. The number of carbonyl (C=O) groups excluding carboxylic acids is 1. The first kappa shape index (κ1) is 15.0. The van der Waals surface area contributed by atoms with E-state index in [1.54, 1.807) is 14.0 Å². The fourth-order valence-electron chi connectivity index (χ4n) is 2.68. The van der Waals surface area contributed by atoms with Gasteiger partial charge in [-0.15, -0.1) is 0 Å². The third-order valence-corrected chi connectivity index (χ3v) is 4.35. The molecule has 0 aromatic rings. The van der Waals surface area contributed by atoms with Crippen molar-refractivity contribution < 1.29 is 14.7 Å². The largest absolute Gasteiger partial charge is 0.480 e. The van der Waals surface area contributed by atoms with Crippen LogP contribution in [0.1, 0.15) is 46.5 Å². The highest BCUT2D eigenvalue weighted by molar-refractivity contribution is 5.84. The molecule has 1 aliphatic rings. The average Bonchev–Trinajstić information content (AvgIpc) is 2.36. The van der Waals surface area contributed by atoms with E-state index in [2.05, 4.69) is 13.8 Å². The molecule has 0 spiro atoms. The highest BCUT2D eigenvalue weighted by Gasteiger charge is 2.32. The van der Waals surface area contributed by atoms with E-state index in [1.165, 1.54) is 4.90 Å². The van der Waals surface area contributed by atoms with Crippen molar-refractivity contribution in [2.75, 3.05) is 7.05 Å². The minimum absolute atomic E-state index is 0.00731. The zero-order valence-electron chi connectivity index (χ0n) is 11.8. The van der Waals surface area contributed by atoms with Gasteiger partial charge in [0.1, 0.15) is 6.04 Å². The minimum Gasteiger partial charge on any atom is -0.480 e.